The van der Waals surface area contributed by atoms with Gasteiger partial charge in [0.15, 0.2) is 11.5 Å². The van der Waals surface area contributed by atoms with Gasteiger partial charge in [0.25, 0.3) is 5.91 Å². The van der Waals surface area contributed by atoms with Gasteiger partial charge in [-0.2, -0.15) is 0 Å². The van der Waals surface area contributed by atoms with Crippen LogP contribution in [0.25, 0.3) is 0 Å². The maximum atomic E-state index is 12.7. The van der Waals surface area contributed by atoms with Crippen LogP contribution >= 0.6 is 0 Å². The third-order valence-electron chi connectivity index (χ3n) is 4.63. The minimum Gasteiger partial charge on any atom is -0.454 e. The molecule has 2 aliphatic rings. The van der Waals surface area contributed by atoms with Gasteiger partial charge in [-0.25, -0.2) is 8.42 Å². The highest BCUT2D eigenvalue weighted by atomic mass is 32.2. The van der Waals surface area contributed by atoms with E-state index in [0.717, 1.165) is 0 Å². The van der Waals surface area contributed by atoms with E-state index in [9.17, 15) is 13.2 Å². The smallest absolute Gasteiger partial charge is 0.255 e. The number of nitrogens with zero attached hydrogens (tertiary/aromatic N) is 1. The van der Waals surface area contributed by atoms with Crippen LogP contribution in [0.3, 0.4) is 0 Å². The van der Waals surface area contributed by atoms with Crippen molar-refractivity contribution in [2.45, 2.75) is 13.3 Å². The molecule has 3 N–H and O–H groups in total. The molecule has 8 nitrogen and oxygen atoms in total. The molecule has 142 valence electrons. The van der Waals surface area contributed by atoms with Gasteiger partial charge < -0.3 is 20.5 Å². The van der Waals surface area contributed by atoms with Crippen LogP contribution in [0.15, 0.2) is 30.3 Å². The Labute approximate surface area is 156 Å². The maximum absolute atomic E-state index is 12.7. The van der Waals surface area contributed by atoms with Gasteiger partial charge >= 0.3 is 0 Å². The summed E-state index contributed by atoms with van der Waals surface area (Å²) < 4.78 is 36.1. The third kappa shape index (κ3) is 3.14. The summed E-state index contributed by atoms with van der Waals surface area (Å²) in [5.74, 6) is 0.870. The number of aryl methyl sites for hydroxylation is 1. The highest BCUT2D eigenvalue weighted by molar-refractivity contribution is 7.93. The summed E-state index contributed by atoms with van der Waals surface area (Å²) in [6.45, 7) is 2.34. The normalized spacial score (nSPS) is 17.1. The van der Waals surface area contributed by atoms with Crippen LogP contribution in [-0.4, -0.2) is 33.4 Å². The predicted molar refractivity (Wildman–Crippen MR) is 102 cm³/mol. The van der Waals surface area contributed by atoms with Crippen molar-refractivity contribution in [1.82, 2.24) is 0 Å². The minimum absolute atomic E-state index is 0.117. The molecule has 0 saturated carbocycles. The summed E-state index contributed by atoms with van der Waals surface area (Å²) in [5, 5.41) is 2.77. The van der Waals surface area contributed by atoms with E-state index in [4.69, 9.17) is 15.2 Å². The number of carbonyl (C=O) groups is 1. The first-order valence-electron chi connectivity index (χ1n) is 8.47. The molecule has 9 heteroatoms. The number of carbonyl (C=O) groups excluding carboxylic acids is 1. The zero-order chi connectivity index (χ0) is 19.2. The molecule has 2 aromatic carbocycles. The Kier molecular flexibility index (Phi) is 4.11. The topological polar surface area (TPSA) is 111 Å². The first-order chi connectivity index (χ1) is 12.8. The second-order valence-electron chi connectivity index (χ2n) is 6.49. The first kappa shape index (κ1) is 17.5. The second-order valence-corrected chi connectivity index (χ2v) is 8.50. The van der Waals surface area contributed by atoms with Gasteiger partial charge in [0.05, 0.1) is 22.8 Å². The van der Waals surface area contributed by atoms with Crippen LogP contribution in [-0.2, 0) is 10.0 Å². The van der Waals surface area contributed by atoms with Crippen molar-refractivity contribution in [3.05, 3.63) is 41.5 Å². The fourth-order valence-electron chi connectivity index (χ4n) is 3.24. The molecule has 4 rings (SSSR count). The Morgan fingerprint density at radius 1 is 1.19 bits per heavy atom. The van der Waals surface area contributed by atoms with Crippen molar-refractivity contribution in [3.8, 4) is 11.5 Å². The molecule has 27 heavy (non-hydrogen) atoms. The number of ether oxygens (including phenoxy) is 2. The lowest BCUT2D eigenvalue weighted by Gasteiger charge is -2.18. The van der Waals surface area contributed by atoms with E-state index in [-0.39, 0.29) is 18.5 Å². The Hall–Kier alpha value is -2.94. The van der Waals surface area contributed by atoms with E-state index in [1.54, 1.807) is 37.3 Å². The van der Waals surface area contributed by atoms with Crippen molar-refractivity contribution in [3.63, 3.8) is 0 Å². The van der Waals surface area contributed by atoms with Gasteiger partial charge in [0.1, 0.15) is 0 Å². The van der Waals surface area contributed by atoms with Gasteiger partial charge in [-0.15, -0.1) is 0 Å². The molecule has 0 aromatic heterocycles. The molecule has 1 fully saturated rings. The van der Waals surface area contributed by atoms with Gasteiger partial charge in [-0.05, 0) is 37.1 Å². The molecule has 2 heterocycles. The van der Waals surface area contributed by atoms with Crippen LogP contribution in [0.2, 0.25) is 0 Å². The average Bonchev–Trinajstić information content (AvgIpc) is 3.20. The number of nitrogen functional groups attached to an aromatic ring is 1. The van der Waals surface area contributed by atoms with E-state index in [0.29, 0.717) is 52.7 Å². The van der Waals surface area contributed by atoms with Crippen molar-refractivity contribution in [2.24, 2.45) is 0 Å². The number of fused-ring (bicyclic) bond motifs is 1. The number of nitrogens with two attached hydrogens (primary N) is 1. The fourth-order valence-corrected chi connectivity index (χ4v) is 4.80. The number of anilines is 3. The third-order valence-corrected chi connectivity index (χ3v) is 6.50. The molecular formula is C18H19N3O5S. The molecule has 2 aliphatic heterocycles. The number of benzene rings is 2. The Balaban J connectivity index is 1.58. The average molecular weight is 389 g/mol. The van der Waals surface area contributed by atoms with E-state index in [1.165, 1.54) is 4.31 Å². The number of hydrogen-bond acceptors (Lipinski definition) is 6. The van der Waals surface area contributed by atoms with E-state index in [1.807, 2.05) is 0 Å². The van der Waals surface area contributed by atoms with Crippen molar-refractivity contribution < 1.29 is 22.7 Å². The SMILES string of the molecule is Cc1cc(N2CCCS2(=O)=O)ccc1C(=O)Nc1cc2c(cc1N)OCO2. The zero-order valence-electron chi connectivity index (χ0n) is 14.7. The van der Waals surface area contributed by atoms with E-state index < -0.39 is 10.0 Å². The molecule has 1 saturated heterocycles. The molecule has 0 radical (unpaired) electrons. The quantitative estimate of drug-likeness (QED) is 0.778. The number of nitrogens with one attached hydrogen (secondary N) is 1. The molecule has 1 amide bonds. The van der Waals surface area contributed by atoms with Crippen molar-refractivity contribution in [1.29, 1.82) is 0 Å². The van der Waals surface area contributed by atoms with Gasteiger partial charge in [0.2, 0.25) is 16.8 Å². The number of amides is 1. The Bertz CT molecular complexity index is 1040. The summed E-state index contributed by atoms with van der Waals surface area (Å²) in [5.41, 5.74) is 8.45. The molecule has 0 unspecified atom stereocenters. The predicted octanol–water partition coefficient (Wildman–Crippen LogP) is 2.10. The standard InChI is InChI=1S/C18H19N3O5S/c1-11-7-12(21-5-2-6-27(21,23)24)3-4-13(11)18(22)20-15-9-17-16(8-14(15)19)25-10-26-17/h3-4,7-9H,2,5-6,10,19H2,1H3,(H,20,22). The number of rotatable bonds is 3. The maximum Gasteiger partial charge on any atom is 0.255 e. The lowest BCUT2D eigenvalue weighted by Crippen LogP contribution is -2.25. The van der Waals surface area contributed by atoms with Crippen molar-refractivity contribution >= 4 is 33.0 Å². The zero-order valence-corrected chi connectivity index (χ0v) is 15.5. The molecule has 2 aromatic rings. The van der Waals surface area contributed by atoms with Crippen LogP contribution in [0, 0.1) is 6.92 Å². The summed E-state index contributed by atoms with van der Waals surface area (Å²) in [6, 6.07) is 8.20. The molecule has 0 aliphatic carbocycles. The van der Waals surface area contributed by atoms with Gasteiger partial charge in [-0.1, -0.05) is 0 Å². The number of sulfonamides is 1. The Morgan fingerprint density at radius 3 is 2.59 bits per heavy atom. The van der Waals surface area contributed by atoms with Crippen LogP contribution in [0.5, 0.6) is 11.5 Å². The second kappa shape index (κ2) is 6.34. The number of hydrogen-bond donors (Lipinski definition) is 2. The molecule has 0 atom stereocenters. The summed E-state index contributed by atoms with van der Waals surface area (Å²) in [6.07, 6.45) is 0.604. The van der Waals surface area contributed by atoms with Gasteiger partial charge in [0, 0.05) is 24.2 Å². The van der Waals surface area contributed by atoms with E-state index >= 15 is 0 Å². The molecular weight excluding hydrogens is 370 g/mol. The summed E-state index contributed by atoms with van der Waals surface area (Å²) in [4.78, 5) is 12.7. The minimum atomic E-state index is -3.26. The first-order valence-corrected chi connectivity index (χ1v) is 10.1. The summed E-state index contributed by atoms with van der Waals surface area (Å²) >= 11 is 0. The monoisotopic (exact) mass is 389 g/mol. The van der Waals surface area contributed by atoms with Crippen LogP contribution in [0.4, 0.5) is 17.1 Å². The highest BCUT2D eigenvalue weighted by Gasteiger charge is 2.29. The van der Waals surface area contributed by atoms with Crippen LogP contribution < -0.4 is 24.8 Å². The lowest BCUT2D eigenvalue weighted by molar-refractivity contribution is 0.102. The molecule has 0 spiro atoms. The fraction of sp³-hybridized carbons (Fsp3) is 0.278. The highest BCUT2D eigenvalue weighted by Crippen LogP contribution is 2.38. The van der Waals surface area contributed by atoms with Crippen LogP contribution in [0.1, 0.15) is 22.3 Å². The van der Waals surface area contributed by atoms with E-state index in [2.05, 4.69) is 5.32 Å². The summed E-state index contributed by atoms with van der Waals surface area (Å²) in [7, 11) is -3.26. The Morgan fingerprint density at radius 2 is 1.93 bits per heavy atom. The molecule has 0 bridgehead atoms. The lowest BCUT2D eigenvalue weighted by atomic mass is 10.1. The van der Waals surface area contributed by atoms with Crippen molar-refractivity contribution in [2.75, 3.05) is 34.4 Å². The largest absolute Gasteiger partial charge is 0.454 e. The van der Waals surface area contributed by atoms with Gasteiger partial charge in [-0.3, -0.25) is 9.10 Å².